The van der Waals surface area contributed by atoms with Crippen molar-refractivity contribution in [3.8, 4) is 0 Å². The van der Waals surface area contributed by atoms with E-state index in [1.807, 2.05) is 0 Å². The van der Waals surface area contributed by atoms with Crippen molar-refractivity contribution in [1.29, 1.82) is 0 Å². The van der Waals surface area contributed by atoms with Crippen LogP contribution in [0, 0.1) is 0 Å². The third-order valence-electron chi connectivity index (χ3n) is 2.97. The summed E-state index contributed by atoms with van der Waals surface area (Å²) in [6.07, 6.45) is 0. The normalized spacial score (nSPS) is 11.8. The first-order chi connectivity index (χ1) is 6.62. The van der Waals surface area contributed by atoms with Gasteiger partial charge in [-0.1, -0.05) is 46.3 Å². The van der Waals surface area contributed by atoms with Crippen LogP contribution in [0.4, 0.5) is 0 Å². The van der Waals surface area contributed by atoms with Gasteiger partial charge >= 0.3 is 14.6 Å². The molecule has 0 unspecified atom stereocenters. The molecule has 0 aromatic rings. The second-order valence-electron chi connectivity index (χ2n) is 4.10. The molecule has 14 heavy (non-hydrogen) atoms. The Bertz CT molecular complexity index is 119. The lowest BCUT2D eigenvalue weighted by atomic mass is 10.6. The average Bonchev–Trinajstić information content (AvgIpc) is 2.18. The summed E-state index contributed by atoms with van der Waals surface area (Å²) in [6, 6.07) is 0. The van der Waals surface area contributed by atoms with Gasteiger partial charge in [0.05, 0.1) is 0 Å². The lowest BCUT2D eigenvalue weighted by Crippen LogP contribution is -2.54. The summed E-state index contributed by atoms with van der Waals surface area (Å²) in [5.74, 6) is 0. The van der Waals surface area contributed by atoms with Gasteiger partial charge in [0, 0.05) is 0 Å². The molecule has 3 heteroatoms. The Morgan fingerprint density at radius 2 is 1.07 bits per heavy atom. The highest BCUT2D eigenvalue weighted by Crippen LogP contribution is 2.15. The fraction of sp³-hybridized carbons (Fsp3) is 1.00. The molecule has 0 aliphatic heterocycles. The van der Waals surface area contributed by atoms with Crippen molar-refractivity contribution < 1.29 is 0 Å². The second kappa shape index (κ2) is 7.71. The molecule has 0 aromatic heterocycles. The zero-order valence-electron chi connectivity index (χ0n) is 10.9. The van der Waals surface area contributed by atoms with E-state index in [4.69, 9.17) is 0 Å². The first kappa shape index (κ1) is 14.5. The Balaban J connectivity index is 4.54. The smallest absolute Gasteiger partial charge is 0.371 e. The summed E-state index contributed by atoms with van der Waals surface area (Å²) in [4.78, 5) is 0. The number of nitrogens with zero attached hydrogens (tertiary/aromatic N) is 2. The van der Waals surface area contributed by atoms with Crippen LogP contribution < -0.4 is 0 Å². The minimum atomic E-state index is -0.870. The maximum atomic E-state index is 2.69. The van der Waals surface area contributed by atoms with Crippen LogP contribution in [-0.4, -0.2) is 48.5 Å². The highest BCUT2D eigenvalue weighted by atomic mass is 27.2. The van der Waals surface area contributed by atoms with Gasteiger partial charge < -0.3 is 7.77 Å². The van der Waals surface area contributed by atoms with E-state index in [1.54, 1.807) is 0 Å². The number of rotatable bonds is 7. The largest absolute Gasteiger partial charge is 0.491 e. The topological polar surface area (TPSA) is 6.48 Å². The van der Waals surface area contributed by atoms with Gasteiger partial charge in [-0.15, -0.1) is 0 Å². The van der Waals surface area contributed by atoms with Crippen LogP contribution in [-0.2, 0) is 0 Å². The van der Waals surface area contributed by atoms with E-state index in [2.05, 4.69) is 49.3 Å². The molecule has 0 saturated heterocycles. The van der Waals surface area contributed by atoms with Gasteiger partial charge in [0.15, 0.2) is 0 Å². The SMILES string of the molecule is CC[N](CC)[Al]([CH](C)C)[N](CC)CC. The van der Waals surface area contributed by atoms with E-state index in [0.29, 0.717) is 0 Å². The van der Waals surface area contributed by atoms with Crippen molar-refractivity contribution >= 4 is 14.6 Å². The molecule has 0 radical (unpaired) electrons. The van der Waals surface area contributed by atoms with Crippen LogP contribution in [0.15, 0.2) is 0 Å². The molecule has 0 atom stereocenters. The van der Waals surface area contributed by atoms with E-state index in [-0.39, 0.29) is 0 Å². The zero-order valence-corrected chi connectivity index (χ0v) is 12.0. The molecule has 0 fully saturated rings. The van der Waals surface area contributed by atoms with E-state index in [1.165, 1.54) is 26.2 Å². The second-order valence-corrected chi connectivity index (χ2v) is 7.72. The van der Waals surface area contributed by atoms with Gasteiger partial charge in [0.2, 0.25) is 0 Å². The summed E-state index contributed by atoms with van der Waals surface area (Å²) in [5.41, 5.74) is 0. The lowest BCUT2D eigenvalue weighted by molar-refractivity contribution is 0.368. The van der Waals surface area contributed by atoms with Crippen molar-refractivity contribution in [2.24, 2.45) is 0 Å². The van der Waals surface area contributed by atoms with E-state index in [9.17, 15) is 0 Å². The van der Waals surface area contributed by atoms with Gasteiger partial charge in [-0.05, 0) is 26.2 Å². The monoisotopic (exact) mass is 214 g/mol. The Morgan fingerprint density at radius 3 is 1.21 bits per heavy atom. The highest BCUT2D eigenvalue weighted by Gasteiger charge is 2.34. The fourth-order valence-electron chi connectivity index (χ4n) is 2.27. The highest BCUT2D eigenvalue weighted by molar-refractivity contribution is 6.54. The molecule has 2 nitrogen and oxygen atoms in total. The molecular formula is C11H27AlN2. The Labute approximate surface area is 95.1 Å². The predicted octanol–water partition coefficient (Wildman–Crippen LogP) is 2.57. The van der Waals surface area contributed by atoms with Crippen molar-refractivity contribution in [3.63, 3.8) is 0 Å². The molecule has 0 aliphatic rings. The van der Waals surface area contributed by atoms with E-state index < -0.39 is 14.6 Å². The van der Waals surface area contributed by atoms with Gasteiger partial charge in [0.25, 0.3) is 0 Å². The van der Waals surface area contributed by atoms with Crippen LogP contribution in [0.3, 0.4) is 0 Å². The van der Waals surface area contributed by atoms with Gasteiger partial charge in [-0.25, -0.2) is 0 Å². The van der Waals surface area contributed by atoms with Crippen LogP contribution >= 0.6 is 0 Å². The molecule has 0 saturated carbocycles. The molecule has 84 valence electrons. The molecule has 0 N–H and O–H groups in total. The molecule has 0 rings (SSSR count). The molecule has 0 amide bonds. The van der Waals surface area contributed by atoms with Crippen molar-refractivity contribution in [3.05, 3.63) is 0 Å². The Hall–Kier alpha value is 0.452. The van der Waals surface area contributed by atoms with Gasteiger partial charge in [-0.2, -0.15) is 0 Å². The minimum absolute atomic E-state index is 0.842. The molecule has 0 bridgehead atoms. The zero-order chi connectivity index (χ0) is 11.1. The lowest BCUT2D eigenvalue weighted by Gasteiger charge is -2.36. The van der Waals surface area contributed by atoms with Crippen LogP contribution in [0.5, 0.6) is 0 Å². The van der Waals surface area contributed by atoms with Crippen molar-refractivity contribution in [2.45, 2.75) is 46.3 Å². The van der Waals surface area contributed by atoms with Crippen LogP contribution in [0.1, 0.15) is 41.5 Å². The standard InChI is InChI=1S/2C4H10N.C3H7.Al/c2*1-3-5-4-2;1-3-2;/h2*3-4H2,1-2H3;3H,1-2H3;/q2*-1;;+2. The number of hydrogen-bond donors (Lipinski definition) is 0. The molecule has 0 aromatic carbocycles. The van der Waals surface area contributed by atoms with Gasteiger partial charge in [-0.3, -0.25) is 0 Å². The first-order valence-electron chi connectivity index (χ1n) is 6.10. The van der Waals surface area contributed by atoms with Crippen LogP contribution in [0.2, 0.25) is 4.78 Å². The average molecular weight is 214 g/mol. The third-order valence-corrected chi connectivity index (χ3v) is 7.12. The first-order valence-corrected chi connectivity index (χ1v) is 7.80. The molecule has 0 spiro atoms. The maximum Gasteiger partial charge on any atom is 0.491 e. The maximum absolute atomic E-state index is 2.69. The van der Waals surface area contributed by atoms with Crippen molar-refractivity contribution in [2.75, 3.05) is 26.2 Å². The summed E-state index contributed by atoms with van der Waals surface area (Å²) < 4.78 is 6.23. The summed E-state index contributed by atoms with van der Waals surface area (Å²) in [7, 11) is 0. The minimum Gasteiger partial charge on any atom is -0.371 e. The predicted molar refractivity (Wildman–Crippen MR) is 66.7 cm³/mol. The molecule has 0 heterocycles. The Kier molecular flexibility index (Phi) is 7.96. The van der Waals surface area contributed by atoms with Crippen molar-refractivity contribution in [1.82, 2.24) is 7.77 Å². The quantitative estimate of drug-likeness (QED) is 0.601. The van der Waals surface area contributed by atoms with E-state index in [0.717, 1.165) is 4.78 Å². The fourth-order valence-corrected chi connectivity index (χ4v) is 5.91. The number of hydrogen-bond acceptors (Lipinski definition) is 2. The van der Waals surface area contributed by atoms with E-state index >= 15 is 0 Å². The van der Waals surface area contributed by atoms with Crippen LogP contribution in [0.25, 0.3) is 0 Å². The Morgan fingerprint density at radius 1 is 0.786 bits per heavy atom. The summed E-state index contributed by atoms with van der Waals surface area (Å²) >= 11 is -0.870. The third kappa shape index (κ3) is 3.90. The molecule has 0 aliphatic carbocycles. The van der Waals surface area contributed by atoms with Gasteiger partial charge in [0.1, 0.15) is 0 Å². The molecular weight excluding hydrogens is 187 g/mol. The summed E-state index contributed by atoms with van der Waals surface area (Å²) in [6.45, 7) is 18.8. The summed E-state index contributed by atoms with van der Waals surface area (Å²) in [5, 5.41) is 0.